The summed E-state index contributed by atoms with van der Waals surface area (Å²) in [5.74, 6) is 0.893. The molecule has 2 aromatic rings. The first-order valence-corrected chi connectivity index (χ1v) is 6.68. The van der Waals surface area contributed by atoms with Gasteiger partial charge in [0.15, 0.2) is 5.82 Å². The zero-order chi connectivity index (χ0) is 13.2. The number of para-hydroxylation sites is 1. The maximum atomic E-state index is 5.79. The number of rotatable bonds is 2. The molecule has 0 saturated carbocycles. The first-order chi connectivity index (χ1) is 9.31. The Morgan fingerprint density at radius 3 is 2.89 bits per heavy atom. The van der Waals surface area contributed by atoms with E-state index in [0.717, 1.165) is 24.4 Å². The summed E-state index contributed by atoms with van der Waals surface area (Å²) in [6.45, 7) is 2.64. The van der Waals surface area contributed by atoms with Crippen molar-refractivity contribution in [3.63, 3.8) is 0 Å². The number of anilines is 2. The van der Waals surface area contributed by atoms with E-state index in [1.54, 1.807) is 12.4 Å². The summed E-state index contributed by atoms with van der Waals surface area (Å²) in [6.07, 6.45) is 5.67. The van der Waals surface area contributed by atoms with Crippen molar-refractivity contribution in [1.82, 2.24) is 9.97 Å². The molecule has 0 radical (unpaired) electrons. The summed E-state index contributed by atoms with van der Waals surface area (Å²) in [6, 6.07) is 8.92. The molecule has 0 aliphatic carbocycles. The van der Waals surface area contributed by atoms with E-state index in [9.17, 15) is 0 Å². The van der Waals surface area contributed by atoms with Crippen molar-refractivity contribution in [2.45, 2.75) is 32.4 Å². The highest BCUT2D eigenvalue weighted by molar-refractivity contribution is 5.67. The predicted molar refractivity (Wildman–Crippen MR) is 76.3 cm³/mol. The molecule has 4 nitrogen and oxygen atoms in total. The molecule has 1 aliphatic rings. The minimum atomic E-state index is 0.411. The van der Waals surface area contributed by atoms with E-state index in [-0.39, 0.29) is 0 Å². The Kier molecular flexibility index (Phi) is 3.17. The van der Waals surface area contributed by atoms with E-state index in [1.165, 1.54) is 11.3 Å². The van der Waals surface area contributed by atoms with Crippen molar-refractivity contribution in [2.75, 3.05) is 4.90 Å². The Hall–Kier alpha value is -1.94. The fourth-order valence-electron chi connectivity index (χ4n) is 2.72. The molecule has 4 heteroatoms. The highest BCUT2D eigenvalue weighted by atomic mass is 15.2. The molecular weight excluding hydrogens is 236 g/mol. The van der Waals surface area contributed by atoms with Crippen LogP contribution in [0, 0.1) is 0 Å². The highest BCUT2D eigenvalue weighted by Gasteiger charge is 2.26. The summed E-state index contributed by atoms with van der Waals surface area (Å²) < 4.78 is 0. The molecule has 1 aromatic carbocycles. The summed E-state index contributed by atoms with van der Waals surface area (Å²) in [5, 5.41) is 0. The normalized spacial score (nSPS) is 18.2. The van der Waals surface area contributed by atoms with Crippen LogP contribution >= 0.6 is 0 Å². The van der Waals surface area contributed by atoms with Crippen molar-refractivity contribution in [2.24, 2.45) is 5.73 Å². The average molecular weight is 254 g/mol. The third kappa shape index (κ3) is 2.08. The maximum Gasteiger partial charge on any atom is 0.156 e. The van der Waals surface area contributed by atoms with Gasteiger partial charge in [0, 0.05) is 30.7 Å². The molecule has 1 aliphatic heterocycles. The monoisotopic (exact) mass is 254 g/mol. The van der Waals surface area contributed by atoms with Gasteiger partial charge in [-0.25, -0.2) is 4.98 Å². The number of benzene rings is 1. The minimum absolute atomic E-state index is 0.411. The zero-order valence-electron chi connectivity index (χ0n) is 11.1. The number of hydrogen-bond acceptors (Lipinski definition) is 4. The van der Waals surface area contributed by atoms with Crippen molar-refractivity contribution >= 4 is 11.5 Å². The van der Waals surface area contributed by atoms with Crippen LogP contribution in [0.3, 0.4) is 0 Å². The second-order valence-electron chi connectivity index (χ2n) is 4.92. The van der Waals surface area contributed by atoms with Crippen molar-refractivity contribution in [1.29, 1.82) is 0 Å². The first kappa shape index (κ1) is 12.1. The Morgan fingerprint density at radius 1 is 1.26 bits per heavy atom. The Labute approximate surface area is 113 Å². The molecule has 2 heterocycles. The number of nitrogens with two attached hydrogens (primary N) is 1. The van der Waals surface area contributed by atoms with E-state index in [4.69, 9.17) is 5.73 Å². The standard InChI is InChI=1S/C15H18N4/c1-11-6-7-12-4-2-3-5-14(12)19(11)15-13(10-16)17-8-9-18-15/h2-5,8-9,11H,6-7,10,16H2,1H3. The summed E-state index contributed by atoms with van der Waals surface area (Å²) in [4.78, 5) is 11.1. The molecule has 0 fully saturated rings. The van der Waals surface area contributed by atoms with Crippen molar-refractivity contribution in [3.8, 4) is 0 Å². The third-order valence-corrected chi connectivity index (χ3v) is 3.70. The lowest BCUT2D eigenvalue weighted by Gasteiger charge is -2.36. The fraction of sp³-hybridized carbons (Fsp3) is 0.333. The maximum absolute atomic E-state index is 5.79. The Bertz CT molecular complexity index is 582. The van der Waals surface area contributed by atoms with Gasteiger partial charge < -0.3 is 10.6 Å². The van der Waals surface area contributed by atoms with Crippen LogP contribution in [0.1, 0.15) is 24.6 Å². The molecule has 19 heavy (non-hydrogen) atoms. The molecule has 1 atom stereocenters. The molecule has 0 saturated heterocycles. The molecule has 1 aromatic heterocycles. The number of aromatic nitrogens is 2. The van der Waals surface area contributed by atoms with Crippen LogP contribution in [0.25, 0.3) is 0 Å². The minimum Gasteiger partial charge on any atom is -0.325 e. The second kappa shape index (κ2) is 4.97. The fourth-order valence-corrected chi connectivity index (χ4v) is 2.72. The van der Waals surface area contributed by atoms with Crippen LogP contribution in [0.5, 0.6) is 0 Å². The molecule has 1 unspecified atom stereocenters. The van der Waals surface area contributed by atoms with E-state index in [2.05, 4.69) is 46.1 Å². The predicted octanol–water partition coefficient (Wildman–Crippen LogP) is 2.41. The van der Waals surface area contributed by atoms with Crippen molar-refractivity contribution in [3.05, 3.63) is 47.9 Å². The van der Waals surface area contributed by atoms with Gasteiger partial charge in [0.05, 0.1) is 5.69 Å². The summed E-state index contributed by atoms with van der Waals surface area (Å²) in [7, 11) is 0. The van der Waals surface area contributed by atoms with E-state index in [0.29, 0.717) is 12.6 Å². The van der Waals surface area contributed by atoms with Gasteiger partial charge in [-0.2, -0.15) is 0 Å². The van der Waals surface area contributed by atoms with Gasteiger partial charge in [0.1, 0.15) is 0 Å². The van der Waals surface area contributed by atoms with Gasteiger partial charge in [-0.15, -0.1) is 0 Å². The lowest BCUT2D eigenvalue weighted by atomic mass is 9.96. The summed E-state index contributed by atoms with van der Waals surface area (Å²) >= 11 is 0. The van der Waals surface area contributed by atoms with Gasteiger partial charge in [0.2, 0.25) is 0 Å². The Morgan fingerprint density at radius 2 is 2.05 bits per heavy atom. The number of nitrogens with zero attached hydrogens (tertiary/aromatic N) is 3. The molecule has 2 N–H and O–H groups in total. The lowest BCUT2D eigenvalue weighted by Crippen LogP contribution is -2.35. The van der Waals surface area contributed by atoms with Gasteiger partial charge in [-0.1, -0.05) is 18.2 Å². The van der Waals surface area contributed by atoms with Gasteiger partial charge in [0.25, 0.3) is 0 Å². The second-order valence-corrected chi connectivity index (χ2v) is 4.92. The molecular formula is C15H18N4. The van der Waals surface area contributed by atoms with Gasteiger partial charge in [-0.05, 0) is 31.4 Å². The van der Waals surface area contributed by atoms with Crippen LogP contribution in [0.15, 0.2) is 36.7 Å². The van der Waals surface area contributed by atoms with Gasteiger partial charge in [-0.3, -0.25) is 4.98 Å². The van der Waals surface area contributed by atoms with Crippen LogP contribution in [0.4, 0.5) is 11.5 Å². The zero-order valence-corrected chi connectivity index (χ0v) is 11.1. The SMILES string of the molecule is CC1CCc2ccccc2N1c1nccnc1CN. The number of hydrogen-bond donors (Lipinski definition) is 1. The number of fused-ring (bicyclic) bond motifs is 1. The first-order valence-electron chi connectivity index (χ1n) is 6.68. The third-order valence-electron chi connectivity index (χ3n) is 3.70. The van der Waals surface area contributed by atoms with Crippen LogP contribution in [0.2, 0.25) is 0 Å². The Balaban J connectivity index is 2.13. The van der Waals surface area contributed by atoms with Gasteiger partial charge >= 0.3 is 0 Å². The number of aryl methyl sites for hydroxylation is 1. The van der Waals surface area contributed by atoms with E-state index < -0.39 is 0 Å². The molecule has 0 amide bonds. The molecule has 0 spiro atoms. The molecule has 98 valence electrons. The largest absolute Gasteiger partial charge is 0.325 e. The van der Waals surface area contributed by atoms with E-state index >= 15 is 0 Å². The summed E-state index contributed by atoms with van der Waals surface area (Å²) in [5.41, 5.74) is 9.25. The molecule has 3 rings (SSSR count). The van der Waals surface area contributed by atoms with Crippen molar-refractivity contribution < 1.29 is 0 Å². The average Bonchev–Trinajstić information content (AvgIpc) is 2.47. The van der Waals surface area contributed by atoms with Crippen LogP contribution in [-0.4, -0.2) is 16.0 Å². The lowest BCUT2D eigenvalue weighted by molar-refractivity contribution is 0.609. The highest BCUT2D eigenvalue weighted by Crippen LogP contribution is 2.36. The topological polar surface area (TPSA) is 55.0 Å². The smallest absolute Gasteiger partial charge is 0.156 e. The molecule has 0 bridgehead atoms. The van der Waals surface area contributed by atoms with E-state index in [1.807, 2.05) is 0 Å². The van der Waals surface area contributed by atoms with Crippen LogP contribution < -0.4 is 10.6 Å². The van der Waals surface area contributed by atoms with Crippen LogP contribution in [-0.2, 0) is 13.0 Å². The quantitative estimate of drug-likeness (QED) is 0.894.